The second kappa shape index (κ2) is 7.19. The standard InChI is InChI=1S/C16H19ClN4OS/c1-12(13-4-2-3-5-14(13)17)19-15(22)20-7-9-21(10-8-20)16-18-6-11-23-16/h2-6,11-12H,7-10H2,1H3,(H,19,22). The van der Waals surface area contributed by atoms with E-state index in [1.165, 1.54) is 0 Å². The number of nitrogens with zero attached hydrogens (tertiary/aromatic N) is 3. The average Bonchev–Trinajstić information content (AvgIpc) is 3.09. The number of piperazine rings is 1. The second-order valence-corrected chi connectivity index (χ2v) is 6.76. The molecule has 0 spiro atoms. The minimum Gasteiger partial charge on any atom is -0.345 e. The molecule has 2 heterocycles. The van der Waals surface area contributed by atoms with Crippen molar-refractivity contribution in [2.75, 3.05) is 31.1 Å². The topological polar surface area (TPSA) is 48.5 Å². The lowest BCUT2D eigenvalue weighted by atomic mass is 10.1. The third-order valence-corrected chi connectivity index (χ3v) is 5.14. The highest BCUT2D eigenvalue weighted by molar-refractivity contribution is 7.13. The van der Waals surface area contributed by atoms with E-state index in [9.17, 15) is 4.79 Å². The molecule has 3 rings (SSSR count). The first kappa shape index (κ1) is 16.1. The maximum absolute atomic E-state index is 12.4. The summed E-state index contributed by atoms with van der Waals surface area (Å²) >= 11 is 7.82. The van der Waals surface area contributed by atoms with E-state index >= 15 is 0 Å². The number of thiazole rings is 1. The van der Waals surface area contributed by atoms with E-state index in [-0.39, 0.29) is 12.1 Å². The summed E-state index contributed by atoms with van der Waals surface area (Å²) in [6, 6.07) is 7.43. The molecule has 0 saturated carbocycles. The number of carbonyl (C=O) groups excluding carboxylic acids is 1. The van der Waals surface area contributed by atoms with Gasteiger partial charge in [0.25, 0.3) is 0 Å². The molecule has 1 N–H and O–H groups in total. The van der Waals surface area contributed by atoms with Crippen LogP contribution in [0.15, 0.2) is 35.8 Å². The molecule has 122 valence electrons. The van der Waals surface area contributed by atoms with E-state index in [1.54, 1.807) is 11.3 Å². The van der Waals surface area contributed by atoms with Crippen molar-refractivity contribution in [1.82, 2.24) is 15.2 Å². The normalized spacial score (nSPS) is 16.3. The van der Waals surface area contributed by atoms with Gasteiger partial charge in [0.05, 0.1) is 6.04 Å². The maximum atomic E-state index is 12.4. The Kier molecular flexibility index (Phi) is 5.03. The number of benzene rings is 1. The molecule has 2 amide bonds. The average molecular weight is 351 g/mol. The fourth-order valence-corrected chi connectivity index (χ4v) is 3.65. The minimum absolute atomic E-state index is 0.0452. The Labute approximate surface area is 144 Å². The fourth-order valence-electron chi connectivity index (χ4n) is 2.65. The highest BCUT2D eigenvalue weighted by atomic mass is 35.5. The summed E-state index contributed by atoms with van der Waals surface area (Å²) in [4.78, 5) is 20.8. The van der Waals surface area contributed by atoms with Gasteiger partial charge in [0.2, 0.25) is 0 Å². The number of aromatic nitrogens is 1. The Morgan fingerprint density at radius 1 is 1.30 bits per heavy atom. The van der Waals surface area contributed by atoms with Crippen LogP contribution in [0.3, 0.4) is 0 Å². The first-order valence-electron chi connectivity index (χ1n) is 7.59. The zero-order valence-corrected chi connectivity index (χ0v) is 14.5. The van der Waals surface area contributed by atoms with Crippen molar-refractivity contribution < 1.29 is 4.79 Å². The van der Waals surface area contributed by atoms with Gasteiger partial charge < -0.3 is 15.1 Å². The first-order valence-corrected chi connectivity index (χ1v) is 8.85. The smallest absolute Gasteiger partial charge is 0.317 e. The lowest BCUT2D eigenvalue weighted by Crippen LogP contribution is -2.52. The second-order valence-electron chi connectivity index (χ2n) is 5.48. The van der Waals surface area contributed by atoms with E-state index in [1.807, 2.05) is 47.7 Å². The molecular formula is C16H19ClN4OS. The third kappa shape index (κ3) is 3.76. The first-order chi connectivity index (χ1) is 11.1. The largest absolute Gasteiger partial charge is 0.345 e. The van der Waals surface area contributed by atoms with Crippen LogP contribution in [0.4, 0.5) is 9.93 Å². The van der Waals surface area contributed by atoms with Gasteiger partial charge in [0.1, 0.15) is 0 Å². The molecule has 5 nitrogen and oxygen atoms in total. The molecule has 2 aromatic rings. The lowest BCUT2D eigenvalue weighted by molar-refractivity contribution is 0.191. The Morgan fingerprint density at radius 2 is 2.04 bits per heavy atom. The molecule has 1 saturated heterocycles. The number of urea groups is 1. The van der Waals surface area contributed by atoms with Gasteiger partial charge in [-0.2, -0.15) is 0 Å². The Hall–Kier alpha value is -1.79. The van der Waals surface area contributed by atoms with Crippen molar-refractivity contribution in [2.24, 2.45) is 0 Å². The molecule has 1 aromatic carbocycles. The molecule has 1 aliphatic heterocycles. The van der Waals surface area contributed by atoms with E-state index in [0.717, 1.165) is 23.8 Å². The monoisotopic (exact) mass is 350 g/mol. The van der Waals surface area contributed by atoms with Crippen molar-refractivity contribution >= 4 is 34.1 Å². The lowest BCUT2D eigenvalue weighted by Gasteiger charge is -2.35. The molecule has 1 aromatic heterocycles. The molecule has 7 heteroatoms. The number of anilines is 1. The van der Waals surface area contributed by atoms with Crippen LogP contribution in [-0.2, 0) is 0 Å². The predicted octanol–water partition coefficient (Wildman–Crippen LogP) is 3.39. The van der Waals surface area contributed by atoms with E-state index in [2.05, 4.69) is 15.2 Å². The number of carbonyl (C=O) groups is 1. The van der Waals surface area contributed by atoms with Crippen LogP contribution in [0.25, 0.3) is 0 Å². The Bertz CT molecular complexity index is 656. The van der Waals surface area contributed by atoms with Gasteiger partial charge in [0.15, 0.2) is 5.13 Å². The quantitative estimate of drug-likeness (QED) is 0.923. The van der Waals surface area contributed by atoms with Gasteiger partial charge in [-0.15, -0.1) is 11.3 Å². The third-order valence-electron chi connectivity index (χ3n) is 3.97. The van der Waals surface area contributed by atoms with Crippen molar-refractivity contribution in [1.29, 1.82) is 0 Å². The number of hydrogen-bond acceptors (Lipinski definition) is 4. The van der Waals surface area contributed by atoms with Gasteiger partial charge in [-0.25, -0.2) is 9.78 Å². The molecule has 1 aliphatic rings. The number of hydrogen-bond donors (Lipinski definition) is 1. The highest BCUT2D eigenvalue weighted by Gasteiger charge is 2.23. The molecular weight excluding hydrogens is 332 g/mol. The molecule has 1 fully saturated rings. The van der Waals surface area contributed by atoms with E-state index in [4.69, 9.17) is 11.6 Å². The SMILES string of the molecule is CC(NC(=O)N1CCN(c2nccs2)CC1)c1ccccc1Cl. The molecule has 0 bridgehead atoms. The van der Waals surface area contributed by atoms with Crippen molar-refractivity contribution in [3.05, 3.63) is 46.4 Å². The zero-order chi connectivity index (χ0) is 16.2. The summed E-state index contributed by atoms with van der Waals surface area (Å²) in [5.41, 5.74) is 0.934. The van der Waals surface area contributed by atoms with Crippen molar-refractivity contribution in [3.8, 4) is 0 Å². The minimum atomic E-state index is -0.117. The van der Waals surface area contributed by atoms with E-state index < -0.39 is 0 Å². The number of nitrogens with one attached hydrogen (secondary N) is 1. The zero-order valence-electron chi connectivity index (χ0n) is 12.9. The van der Waals surface area contributed by atoms with Crippen molar-refractivity contribution in [3.63, 3.8) is 0 Å². The Balaban J connectivity index is 1.54. The summed E-state index contributed by atoms with van der Waals surface area (Å²) in [5, 5.41) is 6.70. The number of rotatable bonds is 3. The molecule has 0 aliphatic carbocycles. The predicted molar refractivity (Wildman–Crippen MR) is 94.3 cm³/mol. The fraction of sp³-hybridized carbons (Fsp3) is 0.375. The summed E-state index contributed by atoms with van der Waals surface area (Å²) in [5.74, 6) is 0. The van der Waals surface area contributed by atoms with Crippen LogP contribution >= 0.6 is 22.9 Å². The summed E-state index contributed by atoms with van der Waals surface area (Å²) in [7, 11) is 0. The van der Waals surface area contributed by atoms with Gasteiger partial charge >= 0.3 is 6.03 Å². The van der Waals surface area contributed by atoms with Crippen LogP contribution < -0.4 is 10.2 Å². The molecule has 23 heavy (non-hydrogen) atoms. The number of amides is 2. The van der Waals surface area contributed by atoms with Crippen LogP contribution in [0.2, 0.25) is 5.02 Å². The van der Waals surface area contributed by atoms with Crippen LogP contribution in [0, 0.1) is 0 Å². The highest BCUT2D eigenvalue weighted by Crippen LogP contribution is 2.23. The van der Waals surface area contributed by atoms with E-state index in [0.29, 0.717) is 18.1 Å². The van der Waals surface area contributed by atoms with Gasteiger partial charge in [0, 0.05) is 42.8 Å². The summed E-state index contributed by atoms with van der Waals surface area (Å²) in [6.07, 6.45) is 1.81. The van der Waals surface area contributed by atoms with Gasteiger partial charge in [-0.3, -0.25) is 0 Å². The maximum Gasteiger partial charge on any atom is 0.317 e. The Morgan fingerprint density at radius 3 is 2.70 bits per heavy atom. The van der Waals surface area contributed by atoms with Crippen molar-refractivity contribution in [2.45, 2.75) is 13.0 Å². The van der Waals surface area contributed by atoms with Crippen LogP contribution in [-0.4, -0.2) is 42.1 Å². The summed E-state index contributed by atoms with van der Waals surface area (Å²) in [6.45, 7) is 4.95. The number of halogens is 1. The molecule has 1 atom stereocenters. The molecule has 0 radical (unpaired) electrons. The van der Waals surface area contributed by atoms with Crippen LogP contribution in [0.1, 0.15) is 18.5 Å². The molecule has 1 unspecified atom stereocenters. The van der Waals surface area contributed by atoms with Gasteiger partial charge in [-0.05, 0) is 18.6 Å². The summed E-state index contributed by atoms with van der Waals surface area (Å²) < 4.78 is 0. The van der Waals surface area contributed by atoms with Crippen LogP contribution in [0.5, 0.6) is 0 Å². The van der Waals surface area contributed by atoms with Gasteiger partial charge in [-0.1, -0.05) is 29.8 Å².